The van der Waals surface area contributed by atoms with Crippen molar-refractivity contribution < 1.29 is 40.2 Å². The third kappa shape index (κ3) is 22.0. The van der Waals surface area contributed by atoms with Gasteiger partial charge in [-0.1, -0.05) is 13.8 Å². The van der Waals surface area contributed by atoms with E-state index in [1.165, 1.54) is 0 Å². The summed E-state index contributed by atoms with van der Waals surface area (Å²) in [5.41, 5.74) is 0. The van der Waals surface area contributed by atoms with E-state index in [0.717, 1.165) is 0 Å². The molecule has 0 aliphatic rings. The monoisotopic (exact) mass is 362 g/mol. The fourth-order valence-electron chi connectivity index (χ4n) is 1.51. The number of carboxylic acids is 2. The number of carbonyl (C=O) groups excluding carboxylic acids is 2. The van der Waals surface area contributed by atoms with Gasteiger partial charge in [0.1, 0.15) is 0 Å². The number of hydrogen-bond acceptors (Lipinski definition) is 8. The van der Waals surface area contributed by atoms with Gasteiger partial charge in [-0.3, -0.25) is 0 Å². The first-order valence-electron chi connectivity index (χ1n) is 7.24. The van der Waals surface area contributed by atoms with Crippen molar-refractivity contribution in [3.63, 3.8) is 0 Å². The number of carboxylic acid groups (broad SMARTS) is 2. The zero-order chi connectivity index (χ0) is 17.7. The summed E-state index contributed by atoms with van der Waals surface area (Å²) in [6.45, 7) is 3.52. The second-order valence-electron chi connectivity index (χ2n) is 5.06. The number of aliphatic hydroxyl groups is 4. The van der Waals surface area contributed by atoms with Gasteiger partial charge in [0.15, 0.2) is 0 Å². The summed E-state index contributed by atoms with van der Waals surface area (Å²) in [5, 5.41) is 55.7. The standard InChI is InChI=1S/2C7H14O4.Ca/c2*1-2-5(8)3-6(9)4-7(10)11;/h2*5-6,8-9H,2-4H2,1H3,(H,10,11);/q;;+2/p-2. The maximum atomic E-state index is 9.93. The van der Waals surface area contributed by atoms with Gasteiger partial charge in [0.05, 0.1) is 24.4 Å². The maximum absolute atomic E-state index is 9.93. The summed E-state index contributed by atoms with van der Waals surface area (Å²) in [6.07, 6.45) is -2.80. The van der Waals surface area contributed by atoms with Crippen molar-refractivity contribution in [2.75, 3.05) is 0 Å². The van der Waals surface area contributed by atoms with Crippen LogP contribution in [0.15, 0.2) is 0 Å². The van der Waals surface area contributed by atoms with Crippen LogP contribution in [0.2, 0.25) is 0 Å². The van der Waals surface area contributed by atoms with Crippen LogP contribution in [-0.4, -0.2) is 94.5 Å². The summed E-state index contributed by atoms with van der Waals surface area (Å²) in [7, 11) is 0. The van der Waals surface area contributed by atoms with Gasteiger partial charge in [0, 0.05) is 24.8 Å². The summed E-state index contributed by atoms with van der Waals surface area (Å²) in [5.74, 6) is -2.58. The Morgan fingerprint density at radius 2 is 1.00 bits per heavy atom. The minimum absolute atomic E-state index is 0. The largest absolute Gasteiger partial charge is 2.00 e. The van der Waals surface area contributed by atoms with Crippen LogP contribution in [0.4, 0.5) is 0 Å². The first kappa shape index (κ1) is 27.9. The van der Waals surface area contributed by atoms with Crippen molar-refractivity contribution in [1.82, 2.24) is 0 Å². The van der Waals surface area contributed by atoms with Gasteiger partial charge in [-0.25, -0.2) is 0 Å². The molecule has 0 fully saturated rings. The molecular weight excluding hydrogens is 336 g/mol. The molecule has 0 aliphatic carbocycles. The topological polar surface area (TPSA) is 161 Å². The maximum Gasteiger partial charge on any atom is 2.00 e. The first-order valence-corrected chi connectivity index (χ1v) is 7.24. The average Bonchev–Trinajstić information content (AvgIpc) is 2.36. The first-order chi connectivity index (χ1) is 10.1. The number of aliphatic carboxylic acids is 2. The molecule has 0 amide bonds. The van der Waals surface area contributed by atoms with Crippen molar-refractivity contribution in [1.29, 1.82) is 0 Å². The molecule has 4 atom stereocenters. The van der Waals surface area contributed by atoms with Crippen molar-refractivity contribution in [2.45, 2.75) is 76.8 Å². The van der Waals surface area contributed by atoms with Crippen LogP contribution in [0.1, 0.15) is 52.4 Å². The zero-order valence-electron chi connectivity index (χ0n) is 13.7. The van der Waals surface area contributed by atoms with Gasteiger partial charge in [-0.05, 0) is 25.7 Å². The Morgan fingerprint density at radius 3 is 1.17 bits per heavy atom. The van der Waals surface area contributed by atoms with Crippen molar-refractivity contribution in [3.05, 3.63) is 0 Å². The van der Waals surface area contributed by atoms with E-state index < -0.39 is 49.2 Å². The number of hydrogen-bond donors (Lipinski definition) is 4. The van der Waals surface area contributed by atoms with E-state index in [-0.39, 0.29) is 50.6 Å². The Bertz CT molecular complexity index is 283. The summed E-state index contributed by atoms with van der Waals surface area (Å²) in [6, 6.07) is 0. The van der Waals surface area contributed by atoms with Crippen LogP contribution >= 0.6 is 0 Å². The summed E-state index contributed by atoms with van der Waals surface area (Å²) >= 11 is 0. The second-order valence-corrected chi connectivity index (χ2v) is 5.06. The van der Waals surface area contributed by atoms with E-state index in [9.17, 15) is 19.8 Å². The van der Waals surface area contributed by atoms with Gasteiger partial charge in [0.25, 0.3) is 0 Å². The van der Waals surface area contributed by atoms with Crippen LogP contribution < -0.4 is 10.2 Å². The van der Waals surface area contributed by atoms with Gasteiger partial charge >= 0.3 is 37.7 Å². The molecule has 4 unspecified atom stereocenters. The van der Waals surface area contributed by atoms with Crippen molar-refractivity contribution >= 4 is 49.7 Å². The Labute approximate surface area is 166 Å². The molecule has 23 heavy (non-hydrogen) atoms. The molecule has 0 aromatic carbocycles. The molecule has 0 spiro atoms. The Morgan fingerprint density at radius 1 is 0.739 bits per heavy atom. The Hall–Kier alpha value is 0.0397. The molecule has 0 rings (SSSR count). The average molecular weight is 362 g/mol. The molecular formula is C14H26CaO8. The van der Waals surface area contributed by atoms with E-state index in [2.05, 4.69) is 0 Å². The minimum Gasteiger partial charge on any atom is -0.550 e. The molecule has 0 aromatic heterocycles. The van der Waals surface area contributed by atoms with E-state index in [1.54, 1.807) is 13.8 Å². The molecule has 132 valence electrons. The molecule has 0 heterocycles. The Balaban J connectivity index is -0.000000333. The third-order valence-corrected chi connectivity index (χ3v) is 2.84. The van der Waals surface area contributed by atoms with Gasteiger partial charge in [-0.2, -0.15) is 0 Å². The van der Waals surface area contributed by atoms with E-state index in [0.29, 0.717) is 12.8 Å². The molecule has 0 saturated carbocycles. The normalized spacial score (nSPS) is 15.2. The van der Waals surface area contributed by atoms with Gasteiger partial charge in [0.2, 0.25) is 0 Å². The van der Waals surface area contributed by atoms with Crippen LogP contribution in [0.25, 0.3) is 0 Å². The van der Waals surface area contributed by atoms with Crippen LogP contribution in [-0.2, 0) is 9.59 Å². The molecule has 0 saturated heterocycles. The molecule has 8 nitrogen and oxygen atoms in total. The van der Waals surface area contributed by atoms with Crippen molar-refractivity contribution in [2.24, 2.45) is 0 Å². The smallest absolute Gasteiger partial charge is 0.550 e. The third-order valence-electron chi connectivity index (χ3n) is 2.84. The molecule has 0 aliphatic heterocycles. The fourth-order valence-corrected chi connectivity index (χ4v) is 1.51. The summed E-state index contributed by atoms with van der Waals surface area (Å²) < 4.78 is 0. The molecule has 4 N–H and O–H groups in total. The van der Waals surface area contributed by atoms with Crippen molar-refractivity contribution in [3.8, 4) is 0 Å². The quantitative estimate of drug-likeness (QED) is 0.297. The zero-order valence-corrected chi connectivity index (χ0v) is 15.9. The molecule has 0 aromatic rings. The van der Waals surface area contributed by atoms with E-state index >= 15 is 0 Å². The molecule has 9 heteroatoms. The molecule has 0 bridgehead atoms. The number of carbonyl (C=O) groups is 2. The van der Waals surface area contributed by atoms with E-state index in [1.807, 2.05) is 0 Å². The van der Waals surface area contributed by atoms with E-state index in [4.69, 9.17) is 20.4 Å². The number of rotatable bonds is 10. The van der Waals surface area contributed by atoms with Gasteiger partial charge < -0.3 is 40.2 Å². The predicted molar refractivity (Wildman–Crippen MR) is 78.8 cm³/mol. The van der Waals surface area contributed by atoms with Crippen LogP contribution in [0.5, 0.6) is 0 Å². The molecule has 0 radical (unpaired) electrons. The predicted octanol–water partition coefficient (Wildman–Crippen LogP) is -3.08. The SMILES string of the molecule is CCC(O)CC(O)CC(=O)[O-].CCC(O)CC(O)CC(=O)[O-].[Ca+2]. The van der Waals surface area contributed by atoms with Crippen LogP contribution in [0, 0.1) is 0 Å². The minimum atomic E-state index is -1.29. The number of aliphatic hydroxyl groups excluding tert-OH is 4. The Kier molecular flexibility index (Phi) is 20.5. The van der Waals surface area contributed by atoms with Crippen LogP contribution in [0.3, 0.4) is 0 Å². The van der Waals surface area contributed by atoms with Gasteiger partial charge in [-0.15, -0.1) is 0 Å². The second kappa shape index (κ2) is 16.9. The fraction of sp³-hybridized carbons (Fsp3) is 0.857. The summed E-state index contributed by atoms with van der Waals surface area (Å²) in [4.78, 5) is 19.9.